The van der Waals surface area contributed by atoms with E-state index in [0.717, 1.165) is 33.9 Å². The van der Waals surface area contributed by atoms with Crippen LogP contribution in [0.4, 0.5) is 0 Å². The minimum atomic E-state index is -0.272. The van der Waals surface area contributed by atoms with Gasteiger partial charge in [0, 0.05) is 17.0 Å². The van der Waals surface area contributed by atoms with Crippen molar-refractivity contribution in [1.29, 1.82) is 0 Å². The molecule has 27 heavy (non-hydrogen) atoms. The molecule has 0 saturated carbocycles. The van der Waals surface area contributed by atoms with Crippen LogP contribution >= 0.6 is 22.9 Å². The van der Waals surface area contributed by atoms with Crippen LogP contribution < -0.4 is 10.2 Å². The number of amides is 1. The van der Waals surface area contributed by atoms with Gasteiger partial charge < -0.3 is 4.74 Å². The molecule has 2 aromatic carbocycles. The summed E-state index contributed by atoms with van der Waals surface area (Å²) in [5.74, 6) is 0.650. The zero-order valence-electron chi connectivity index (χ0n) is 14.5. The number of hydrogen-bond donors (Lipinski definition) is 1. The fraction of sp³-hybridized carbons (Fsp3) is 0.150. The molecule has 1 aliphatic heterocycles. The van der Waals surface area contributed by atoms with Crippen molar-refractivity contribution in [2.45, 2.75) is 13.3 Å². The van der Waals surface area contributed by atoms with E-state index in [2.05, 4.69) is 15.5 Å². The van der Waals surface area contributed by atoms with Crippen LogP contribution in [0.1, 0.15) is 26.5 Å². The highest BCUT2D eigenvalue weighted by atomic mass is 35.5. The third kappa shape index (κ3) is 3.86. The normalized spacial score (nSPS) is 12.8. The van der Waals surface area contributed by atoms with Crippen LogP contribution in [0.5, 0.6) is 5.75 Å². The number of fused-ring (bicyclic) bond motifs is 1. The van der Waals surface area contributed by atoms with Crippen LogP contribution in [0.15, 0.2) is 47.6 Å². The van der Waals surface area contributed by atoms with Crippen LogP contribution in [0.2, 0.25) is 5.02 Å². The molecule has 0 fully saturated rings. The smallest absolute Gasteiger partial charge is 0.283 e. The van der Waals surface area contributed by atoms with Crippen LogP contribution in [0.3, 0.4) is 0 Å². The van der Waals surface area contributed by atoms with Gasteiger partial charge in [-0.25, -0.2) is 10.4 Å². The summed E-state index contributed by atoms with van der Waals surface area (Å²) in [6.07, 6.45) is 2.53. The SMILES string of the molecule is Cc1nc(-c2ccc(Cl)cc2)sc1C(=O)N/N=C\c1ccc2c(c1)CCO2. The summed E-state index contributed by atoms with van der Waals surface area (Å²) in [6.45, 7) is 2.53. The molecule has 1 amide bonds. The molecule has 0 saturated heterocycles. The molecule has 1 aliphatic rings. The van der Waals surface area contributed by atoms with E-state index in [9.17, 15) is 4.79 Å². The van der Waals surface area contributed by atoms with Gasteiger partial charge in [0.25, 0.3) is 5.91 Å². The lowest BCUT2D eigenvalue weighted by Gasteiger charge is -2.00. The summed E-state index contributed by atoms with van der Waals surface area (Å²) in [5, 5.41) is 5.51. The van der Waals surface area contributed by atoms with Crippen molar-refractivity contribution in [1.82, 2.24) is 10.4 Å². The second kappa shape index (κ2) is 7.50. The van der Waals surface area contributed by atoms with Gasteiger partial charge in [-0.15, -0.1) is 11.3 Å². The predicted molar refractivity (Wildman–Crippen MR) is 108 cm³/mol. The summed E-state index contributed by atoms with van der Waals surface area (Å²) >= 11 is 7.25. The summed E-state index contributed by atoms with van der Waals surface area (Å²) in [4.78, 5) is 17.5. The van der Waals surface area contributed by atoms with Crippen LogP contribution in [-0.4, -0.2) is 23.7 Å². The molecule has 1 aromatic heterocycles. The third-order valence-corrected chi connectivity index (χ3v) is 5.64. The maximum Gasteiger partial charge on any atom is 0.283 e. The second-order valence-corrected chi connectivity index (χ2v) is 7.54. The number of halogens is 1. The third-order valence-electron chi connectivity index (χ3n) is 4.19. The first-order chi connectivity index (χ1) is 13.1. The fourth-order valence-electron chi connectivity index (χ4n) is 2.83. The number of nitrogens with one attached hydrogen (secondary N) is 1. The first-order valence-corrected chi connectivity index (χ1v) is 9.62. The van der Waals surface area contributed by atoms with Gasteiger partial charge >= 0.3 is 0 Å². The minimum Gasteiger partial charge on any atom is -0.493 e. The van der Waals surface area contributed by atoms with Gasteiger partial charge in [0.1, 0.15) is 15.6 Å². The van der Waals surface area contributed by atoms with Crippen molar-refractivity contribution in [2.24, 2.45) is 5.10 Å². The van der Waals surface area contributed by atoms with E-state index < -0.39 is 0 Å². The Bertz CT molecular complexity index is 1030. The number of carbonyl (C=O) groups is 1. The van der Waals surface area contributed by atoms with Gasteiger partial charge in [0.2, 0.25) is 0 Å². The molecule has 0 spiro atoms. The van der Waals surface area contributed by atoms with Gasteiger partial charge in [0.15, 0.2) is 0 Å². The number of hydrogen-bond acceptors (Lipinski definition) is 5. The molecular formula is C20H16ClN3O2S. The largest absolute Gasteiger partial charge is 0.493 e. The Morgan fingerprint density at radius 3 is 2.93 bits per heavy atom. The molecule has 0 unspecified atom stereocenters. The van der Waals surface area contributed by atoms with E-state index in [1.807, 2.05) is 37.3 Å². The number of ether oxygens (including phenoxy) is 1. The van der Waals surface area contributed by atoms with Crippen molar-refractivity contribution >= 4 is 35.1 Å². The van der Waals surface area contributed by atoms with Crippen LogP contribution in [0, 0.1) is 6.92 Å². The maximum atomic E-state index is 12.4. The molecule has 4 rings (SSSR count). The summed E-state index contributed by atoms with van der Waals surface area (Å²) in [6, 6.07) is 13.2. The maximum absolute atomic E-state index is 12.4. The quantitative estimate of drug-likeness (QED) is 0.521. The minimum absolute atomic E-state index is 0.272. The Morgan fingerprint density at radius 1 is 1.30 bits per heavy atom. The molecule has 0 radical (unpaired) electrons. The van der Waals surface area contributed by atoms with Crippen LogP contribution in [0.25, 0.3) is 10.6 Å². The number of aromatic nitrogens is 1. The van der Waals surface area contributed by atoms with Gasteiger partial charge in [-0.1, -0.05) is 23.7 Å². The number of thiazole rings is 1. The Kier molecular flexibility index (Phi) is 4.92. The highest BCUT2D eigenvalue weighted by Gasteiger charge is 2.16. The molecule has 5 nitrogen and oxygen atoms in total. The van der Waals surface area contributed by atoms with Gasteiger partial charge in [-0.05, 0) is 48.4 Å². The first-order valence-electron chi connectivity index (χ1n) is 8.42. The monoisotopic (exact) mass is 397 g/mol. The molecule has 0 aliphatic carbocycles. The van der Waals surface area contributed by atoms with E-state index in [1.165, 1.54) is 11.3 Å². The zero-order chi connectivity index (χ0) is 18.8. The van der Waals surface area contributed by atoms with Crippen molar-refractivity contribution in [3.05, 3.63) is 69.2 Å². The molecule has 3 aromatic rings. The molecule has 7 heteroatoms. The lowest BCUT2D eigenvalue weighted by molar-refractivity contribution is 0.0958. The van der Waals surface area contributed by atoms with E-state index in [1.54, 1.807) is 18.3 Å². The number of rotatable bonds is 4. The Morgan fingerprint density at radius 2 is 2.11 bits per heavy atom. The molecular weight excluding hydrogens is 382 g/mol. The Labute approximate surface area is 165 Å². The predicted octanol–water partition coefficient (Wildman–Crippen LogP) is 4.47. The number of benzene rings is 2. The number of carbonyl (C=O) groups excluding carboxylic acids is 1. The topological polar surface area (TPSA) is 63.6 Å². The second-order valence-electron chi connectivity index (χ2n) is 6.11. The molecule has 0 atom stereocenters. The van der Waals surface area contributed by atoms with Crippen molar-refractivity contribution in [3.63, 3.8) is 0 Å². The molecule has 0 bridgehead atoms. The highest BCUT2D eigenvalue weighted by Crippen LogP contribution is 2.29. The fourth-order valence-corrected chi connectivity index (χ4v) is 3.91. The van der Waals surface area contributed by atoms with Gasteiger partial charge in [-0.2, -0.15) is 5.10 Å². The average molecular weight is 398 g/mol. The Balaban J connectivity index is 1.46. The van der Waals surface area contributed by atoms with Gasteiger partial charge in [-0.3, -0.25) is 4.79 Å². The number of hydrazone groups is 1. The summed E-state index contributed by atoms with van der Waals surface area (Å²) < 4.78 is 5.49. The lowest BCUT2D eigenvalue weighted by Crippen LogP contribution is -2.17. The number of nitrogens with zero attached hydrogens (tertiary/aromatic N) is 2. The van der Waals surface area contributed by atoms with Crippen molar-refractivity contribution in [2.75, 3.05) is 6.61 Å². The van der Waals surface area contributed by atoms with Crippen LogP contribution in [-0.2, 0) is 6.42 Å². The van der Waals surface area contributed by atoms with E-state index in [0.29, 0.717) is 22.2 Å². The highest BCUT2D eigenvalue weighted by molar-refractivity contribution is 7.17. The molecule has 136 valence electrons. The molecule has 1 N–H and O–H groups in total. The Hall–Kier alpha value is -2.70. The standard InChI is InChI=1S/C20H16ClN3O2S/c1-12-18(27-20(23-12)14-3-5-16(21)6-4-14)19(25)24-22-11-13-2-7-17-15(10-13)8-9-26-17/h2-7,10-11H,8-9H2,1H3,(H,24,25)/b22-11-. The summed E-state index contributed by atoms with van der Waals surface area (Å²) in [7, 11) is 0. The number of aryl methyl sites for hydroxylation is 1. The van der Waals surface area contributed by atoms with Gasteiger partial charge in [0.05, 0.1) is 18.5 Å². The van der Waals surface area contributed by atoms with Crippen molar-refractivity contribution < 1.29 is 9.53 Å². The average Bonchev–Trinajstić information content (AvgIpc) is 3.28. The van der Waals surface area contributed by atoms with E-state index in [4.69, 9.17) is 16.3 Å². The molecule has 2 heterocycles. The van der Waals surface area contributed by atoms with E-state index >= 15 is 0 Å². The first kappa shape index (κ1) is 17.7. The summed E-state index contributed by atoms with van der Waals surface area (Å²) in [5.41, 5.74) is 6.26. The van der Waals surface area contributed by atoms with Crippen molar-refractivity contribution in [3.8, 4) is 16.3 Å². The zero-order valence-corrected chi connectivity index (χ0v) is 16.1. The lowest BCUT2D eigenvalue weighted by atomic mass is 10.1. The van der Waals surface area contributed by atoms with E-state index in [-0.39, 0.29) is 5.91 Å².